The Balaban J connectivity index is 2.01. The van der Waals surface area contributed by atoms with Gasteiger partial charge in [0.05, 0.1) is 14.2 Å². The molecule has 5 nitrogen and oxygen atoms in total. The van der Waals surface area contributed by atoms with Gasteiger partial charge in [0.1, 0.15) is 17.3 Å². The van der Waals surface area contributed by atoms with E-state index in [9.17, 15) is 0 Å². The van der Waals surface area contributed by atoms with Crippen molar-refractivity contribution in [1.82, 2.24) is 9.97 Å². The number of thioether (sulfide) groups is 1. The molecular formula is C18H21N3O2S. The Kier molecular flexibility index (Phi) is 4.94. The van der Waals surface area contributed by atoms with Gasteiger partial charge in [-0.05, 0) is 35.1 Å². The number of methoxy groups -OCH3 is 2. The molecule has 0 unspecified atom stereocenters. The van der Waals surface area contributed by atoms with Crippen molar-refractivity contribution in [3.63, 3.8) is 0 Å². The number of anilines is 1. The fourth-order valence-corrected chi connectivity index (χ4v) is 3.24. The highest BCUT2D eigenvalue weighted by molar-refractivity contribution is 7.99. The van der Waals surface area contributed by atoms with Crippen LogP contribution in [0.5, 0.6) is 11.5 Å². The number of rotatable bonds is 5. The number of ether oxygens (including phenoxy) is 2. The van der Waals surface area contributed by atoms with Crippen molar-refractivity contribution in [2.75, 3.05) is 38.5 Å². The van der Waals surface area contributed by atoms with E-state index in [4.69, 9.17) is 9.47 Å². The molecule has 2 aromatic rings. The van der Waals surface area contributed by atoms with Gasteiger partial charge in [-0.2, -0.15) is 0 Å². The fraction of sp³-hybridized carbons (Fsp3) is 0.333. The first-order valence-electron chi connectivity index (χ1n) is 7.79. The van der Waals surface area contributed by atoms with Gasteiger partial charge in [-0.1, -0.05) is 18.7 Å². The molecule has 0 atom stereocenters. The first-order chi connectivity index (χ1) is 11.6. The van der Waals surface area contributed by atoms with Crippen LogP contribution in [0.4, 0.5) is 5.82 Å². The highest BCUT2D eigenvalue weighted by Crippen LogP contribution is 2.34. The molecule has 0 bridgehead atoms. The lowest BCUT2D eigenvalue weighted by molar-refractivity contribution is 0.394. The molecule has 126 valence electrons. The minimum atomic E-state index is 0.774. The van der Waals surface area contributed by atoms with E-state index in [1.807, 2.05) is 24.4 Å². The molecular weight excluding hydrogens is 322 g/mol. The number of hydrogen-bond acceptors (Lipinski definition) is 6. The van der Waals surface area contributed by atoms with Crippen molar-refractivity contribution in [2.24, 2.45) is 0 Å². The van der Waals surface area contributed by atoms with E-state index in [-0.39, 0.29) is 0 Å². The number of benzene rings is 1. The highest BCUT2D eigenvalue weighted by atomic mass is 32.2. The van der Waals surface area contributed by atoms with Crippen LogP contribution in [0.25, 0.3) is 11.6 Å². The van der Waals surface area contributed by atoms with Crippen LogP contribution in [0.2, 0.25) is 0 Å². The Hall–Kier alpha value is -2.21. The molecule has 0 aliphatic carbocycles. The molecule has 3 rings (SSSR count). The van der Waals surface area contributed by atoms with Crippen LogP contribution in [0.15, 0.2) is 29.6 Å². The lowest BCUT2D eigenvalue weighted by Gasteiger charge is -2.27. The molecule has 1 aliphatic heterocycles. The summed E-state index contributed by atoms with van der Waals surface area (Å²) in [5.41, 5.74) is 3.29. The van der Waals surface area contributed by atoms with Gasteiger partial charge in [-0.15, -0.1) is 0 Å². The number of nitrogens with zero attached hydrogens (tertiary/aromatic N) is 3. The summed E-state index contributed by atoms with van der Waals surface area (Å²) in [6.07, 6.45) is 4.04. The van der Waals surface area contributed by atoms with Crippen molar-refractivity contribution >= 4 is 29.2 Å². The maximum Gasteiger partial charge on any atom is 0.189 e. The van der Waals surface area contributed by atoms with Gasteiger partial charge in [0.2, 0.25) is 0 Å². The zero-order valence-electron chi connectivity index (χ0n) is 14.4. The second-order valence-corrected chi connectivity index (χ2v) is 6.72. The minimum absolute atomic E-state index is 0.774. The SMILES string of the molecule is CCSc1ncc2c(n1)N(C)CC(c1cc(OC)cc(OC)c1)=C2. The molecule has 0 radical (unpaired) electrons. The third-order valence-corrected chi connectivity index (χ3v) is 4.61. The molecule has 6 heteroatoms. The Labute approximate surface area is 146 Å². The summed E-state index contributed by atoms with van der Waals surface area (Å²) in [4.78, 5) is 11.3. The number of fused-ring (bicyclic) bond motifs is 1. The van der Waals surface area contributed by atoms with E-state index in [0.717, 1.165) is 45.9 Å². The van der Waals surface area contributed by atoms with Gasteiger partial charge in [0.25, 0.3) is 0 Å². The topological polar surface area (TPSA) is 47.5 Å². The Bertz CT molecular complexity index is 755. The van der Waals surface area contributed by atoms with E-state index in [1.54, 1.807) is 26.0 Å². The highest BCUT2D eigenvalue weighted by Gasteiger charge is 2.19. The quantitative estimate of drug-likeness (QED) is 0.611. The van der Waals surface area contributed by atoms with Gasteiger partial charge >= 0.3 is 0 Å². The number of hydrogen-bond donors (Lipinski definition) is 0. The van der Waals surface area contributed by atoms with E-state index < -0.39 is 0 Å². The predicted molar refractivity (Wildman–Crippen MR) is 99.1 cm³/mol. The first-order valence-corrected chi connectivity index (χ1v) is 8.78. The van der Waals surface area contributed by atoms with Crippen molar-refractivity contribution in [3.8, 4) is 11.5 Å². The molecule has 1 aromatic heterocycles. The lowest BCUT2D eigenvalue weighted by atomic mass is 9.99. The molecule has 0 amide bonds. The maximum atomic E-state index is 5.38. The van der Waals surface area contributed by atoms with Crippen LogP contribution >= 0.6 is 11.8 Å². The third-order valence-electron chi connectivity index (χ3n) is 3.87. The molecule has 0 fully saturated rings. The summed E-state index contributed by atoms with van der Waals surface area (Å²) in [5, 5.41) is 0.822. The summed E-state index contributed by atoms with van der Waals surface area (Å²) in [6.45, 7) is 2.88. The number of likely N-dealkylation sites (N-methyl/N-ethyl adjacent to an activating group) is 1. The largest absolute Gasteiger partial charge is 0.497 e. The van der Waals surface area contributed by atoms with Crippen LogP contribution < -0.4 is 14.4 Å². The maximum absolute atomic E-state index is 5.38. The molecule has 0 N–H and O–H groups in total. The summed E-state index contributed by atoms with van der Waals surface area (Å²) in [6, 6.07) is 5.92. The zero-order chi connectivity index (χ0) is 17.1. The Morgan fingerprint density at radius 1 is 1.17 bits per heavy atom. The summed E-state index contributed by atoms with van der Waals surface area (Å²) in [5.74, 6) is 3.50. The number of aromatic nitrogens is 2. The summed E-state index contributed by atoms with van der Waals surface area (Å²) >= 11 is 1.65. The zero-order valence-corrected chi connectivity index (χ0v) is 15.2. The molecule has 1 aliphatic rings. The molecule has 24 heavy (non-hydrogen) atoms. The molecule has 0 saturated carbocycles. The monoisotopic (exact) mass is 343 g/mol. The molecule has 1 aromatic carbocycles. The van der Waals surface area contributed by atoms with E-state index in [2.05, 4.69) is 34.9 Å². The van der Waals surface area contributed by atoms with Crippen molar-refractivity contribution in [3.05, 3.63) is 35.5 Å². The van der Waals surface area contributed by atoms with Gasteiger partial charge in [0.15, 0.2) is 5.16 Å². The van der Waals surface area contributed by atoms with Gasteiger partial charge in [0, 0.05) is 31.4 Å². The Morgan fingerprint density at radius 2 is 1.88 bits per heavy atom. The third kappa shape index (κ3) is 3.33. The van der Waals surface area contributed by atoms with Crippen LogP contribution in [-0.2, 0) is 0 Å². The average Bonchev–Trinajstić information content (AvgIpc) is 2.61. The summed E-state index contributed by atoms with van der Waals surface area (Å²) in [7, 11) is 5.38. The molecule has 0 spiro atoms. The standard InChI is InChI=1S/C18H21N3O2S/c1-5-24-18-19-10-13-6-14(11-21(2)17(13)20-18)12-7-15(22-3)9-16(8-12)23-4/h6-10H,5,11H2,1-4H3. The molecule has 0 saturated heterocycles. The van der Waals surface area contributed by atoms with Crippen LogP contribution in [0.1, 0.15) is 18.1 Å². The minimum Gasteiger partial charge on any atom is -0.497 e. The van der Waals surface area contributed by atoms with Crippen molar-refractivity contribution < 1.29 is 9.47 Å². The van der Waals surface area contributed by atoms with Crippen LogP contribution in [0.3, 0.4) is 0 Å². The van der Waals surface area contributed by atoms with Crippen molar-refractivity contribution in [1.29, 1.82) is 0 Å². The van der Waals surface area contributed by atoms with Crippen LogP contribution in [0, 0.1) is 0 Å². The first kappa shape index (κ1) is 16.6. The van der Waals surface area contributed by atoms with E-state index in [0.29, 0.717) is 0 Å². The second-order valence-electron chi connectivity index (χ2n) is 5.49. The smallest absolute Gasteiger partial charge is 0.189 e. The Morgan fingerprint density at radius 3 is 2.50 bits per heavy atom. The van der Waals surface area contributed by atoms with Gasteiger partial charge in [-0.3, -0.25) is 0 Å². The lowest BCUT2D eigenvalue weighted by Crippen LogP contribution is -2.25. The van der Waals surface area contributed by atoms with Gasteiger partial charge in [-0.25, -0.2) is 9.97 Å². The van der Waals surface area contributed by atoms with Crippen molar-refractivity contribution in [2.45, 2.75) is 12.1 Å². The molecule has 2 heterocycles. The van der Waals surface area contributed by atoms with Crippen LogP contribution in [-0.4, -0.2) is 43.5 Å². The normalized spacial score (nSPS) is 13.3. The van der Waals surface area contributed by atoms with E-state index >= 15 is 0 Å². The average molecular weight is 343 g/mol. The fourth-order valence-electron chi connectivity index (χ4n) is 2.70. The summed E-state index contributed by atoms with van der Waals surface area (Å²) < 4.78 is 10.8. The van der Waals surface area contributed by atoms with Gasteiger partial charge < -0.3 is 14.4 Å². The predicted octanol–water partition coefficient (Wildman–Crippen LogP) is 3.60. The second kappa shape index (κ2) is 7.13. The van der Waals surface area contributed by atoms with E-state index in [1.165, 1.54) is 5.57 Å².